The van der Waals surface area contributed by atoms with Crippen molar-refractivity contribution in [2.45, 2.75) is 13.0 Å². The average molecular weight is 348 g/mol. The van der Waals surface area contributed by atoms with E-state index in [0.717, 1.165) is 11.1 Å². The summed E-state index contributed by atoms with van der Waals surface area (Å²) in [6.45, 7) is 5.88. The van der Waals surface area contributed by atoms with Gasteiger partial charge in [0, 0.05) is 39.8 Å². The Labute approximate surface area is 149 Å². The molecule has 25 heavy (non-hydrogen) atoms. The Bertz CT molecular complexity index is 568. The van der Waals surface area contributed by atoms with Crippen molar-refractivity contribution in [1.82, 2.24) is 15.1 Å². The number of aryl methyl sites for hydroxylation is 1. The van der Waals surface area contributed by atoms with E-state index in [1.165, 1.54) is 0 Å². The number of nitrogens with one attached hydrogen (secondary N) is 1. The van der Waals surface area contributed by atoms with Crippen LogP contribution in [-0.2, 0) is 14.3 Å². The van der Waals surface area contributed by atoms with Gasteiger partial charge in [0.1, 0.15) is 6.04 Å². The summed E-state index contributed by atoms with van der Waals surface area (Å²) in [7, 11) is 1.60. The highest BCUT2D eigenvalue weighted by molar-refractivity contribution is 5.83. The zero-order valence-corrected chi connectivity index (χ0v) is 15.0. The fraction of sp³-hybridized carbons (Fsp3) is 0.556. The molecule has 1 aromatic carbocycles. The molecule has 7 heteroatoms. The molecule has 0 aromatic heterocycles. The molecule has 1 aliphatic rings. The summed E-state index contributed by atoms with van der Waals surface area (Å²) in [5.74, 6) is -0.0822. The van der Waals surface area contributed by atoms with Crippen LogP contribution in [0.5, 0.6) is 0 Å². The van der Waals surface area contributed by atoms with Crippen molar-refractivity contribution in [3.05, 3.63) is 35.4 Å². The maximum atomic E-state index is 12.6. The van der Waals surface area contributed by atoms with E-state index in [0.29, 0.717) is 45.9 Å². The molecule has 1 saturated heterocycles. The number of nitrogens with zero attached hydrogens (tertiary/aromatic N) is 2. The van der Waals surface area contributed by atoms with Crippen LogP contribution in [-0.4, -0.2) is 74.6 Å². The van der Waals surface area contributed by atoms with Gasteiger partial charge in [0.05, 0.1) is 13.2 Å². The summed E-state index contributed by atoms with van der Waals surface area (Å²) < 4.78 is 4.90. The molecular weight excluding hydrogens is 320 g/mol. The second-order valence-corrected chi connectivity index (χ2v) is 6.33. The summed E-state index contributed by atoms with van der Waals surface area (Å²) in [5, 5.41) is 2.80. The molecule has 1 unspecified atom stereocenters. The van der Waals surface area contributed by atoms with Gasteiger partial charge in [-0.05, 0) is 12.5 Å². The number of nitrogens with two attached hydrogens (primary N) is 1. The van der Waals surface area contributed by atoms with Crippen LogP contribution in [0.25, 0.3) is 0 Å². The van der Waals surface area contributed by atoms with Gasteiger partial charge in [-0.3, -0.25) is 14.5 Å². The Morgan fingerprint density at radius 3 is 2.44 bits per heavy atom. The van der Waals surface area contributed by atoms with Crippen LogP contribution in [0, 0.1) is 6.92 Å². The molecule has 0 bridgehead atoms. The Hall–Kier alpha value is -1.96. The highest BCUT2D eigenvalue weighted by Crippen LogP contribution is 2.15. The fourth-order valence-corrected chi connectivity index (χ4v) is 2.79. The van der Waals surface area contributed by atoms with Crippen molar-refractivity contribution in [3.8, 4) is 0 Å². The minimum absolute atomic E-state index is 0.0202. The molecule has 0 spiro atoms. The number of benzene rings is 1. The molecule has 0 radical (unpaired) electrons. The largest absolute Gasteiger partial charge is 0.383 e. The summed E-state index contributed by atoms with van der Waals surface area (Å²) in [5.41, 5.74) is 8.09. The molecule has 2 rings (SSSR count). The zero-order chi connectivity index (χ0) is 18.2. The van der Waals surface area contributed by atoms with Crippen molar-refractivity contribution < 1.29 is 14.3 Å². The molecule has 1 atom stereocenters. The quantitative estimate of drug-likeness (QED) is 0.672. The van der Waals surface area contributed by atoms with Crippen molar-refractivity contribution in [2.75, 3.05) is 53.0 Å². The van der Waals surface area contributed by atoms with Gasteiger partial charge in [0.2, 0.25) is 11.8 Å². The molecule has 1 aromatic rings. The smallest absolute Gasteiger partial charge is 0.244 e. The molecule has 3 N–H and O–H groups in total. The van der Waals surface area contributed by atoms with E-state index in [2.05, 4.69) is 5.32 Å². The third kappa shape index (κ3) is 5.81. The van der Waals surface area contributed by atoms with Gasteiger partial charge in [-0.15, -0.1) is 0 Å². The van der Waals surface area contributed by atoms with E-state index in [1.807, 2.05) is 36.1 Å². The van der Waals surface area contributed by atoms with Gasteiger partial charge in [-0.25, -0.2) is 0 Å². The van der Waals surface area contributed by atoms with Gasteiger partial charge in [-0.2, -0.15) is 0 Å². The third-order valence-corrected chi connectivity index (χ3v) is 4.38. The number of hydrogen-bond acceptors (Lipinski definition) is 5. The molecule has 1 fully saturated rings. The van der Waals surface area contributed by atoms with E-state index in [-0.39, 0.29) is 11.8 Å². The average Bonchev–Trinajstić information content (AvgIpc) is 2.62. The van der Waals surface area contributed by atoms with Gasteiger partial charge in [-0.1, -0.05) is 29.8 Å². The highest BCUT2D eigenvalue weighted by atomic mass is 16.5. The Morgan fingerprint density at radius 2 is 1.84 bits per heavy atom. The molecule has 138 valence electrons. The predicted molar refractivity (Wildman–Crippen MR) is 96.0 cm³/mol. The lowest BCUT2D eigenvalue weighted by Gasteiger charge is -2.35. The van der Waals surface area contributed by atoms with Crippen molar-refractivity contribution in [2.24, 2.45) is 5.73 Å². The molecule has 1 aliphatic heterocycles. The molecule has 0 saturated carbocycles. The Morgan fingerprint density at radius 1 is 1.20 bits per heavy atom. The predicted octanol–water partition coefficient (Wildman–Crippen LogP) is -0.0984. The molecule has 0 aliphatic carbocycles. The van der Waals surface area contributed by atoms with Crippen molar-refractivity contribution in [3.63, 3.8) is 0 Å². The van der Waals surface area contributed by atoms with Crippen LogP contribution in [0.3, 0.4) is 0 Å². The minimum atomic E-state index is -0.635. The lowest BCUT2D eigenvalue weighted by atomic mass is 10.0. The first-order valence-electron chi connectivity index (χ1n) is 8.60. The van der Waals surface area contributed by atoms with Crippen LogP contribution >= 0.6 is 0 Å². The number of carbonyl (C=O) groups is 2. The maximum absolute atomic E-state index is 12.6. The Balaban J connectivity index is 1.78. The lowest BCUT2D eigenvalue weighted by molar-refractivity contribution is -0.134. The maximum Gasteiger partial charge on any atom is 0.244 e. The van der Waals surface area contributed by atoms with Gasteiger partial charge >= 0.3 is 0 Å². The number of piperazine rings is 1. The van der Waals surface area contributed by atoms with Crippen LogP contribution in [0.2, 0.25) is 0 Å². The van der Waals surface area contributed by atoms with E-state index < -0.39 is 6.04 Å². The molecule has 2 amide bonds. The SMILES string of the molecule is COCCNC(=O)CN1CCN(C(=O)C(N)c2ccc(C)cc2)CC1. The number of methoxy groups -OCH3 is 1. The first-order valence-corrected chi connectivity index (χ1v) is 8.60. The first-order chi connectivity index (χ1) is 12.0. The lowest BCUT2D eigenvalue weighted by Crippen LogP contribution is -2.52. The molecule has 7 nitrogen and oxygen atoms in total. The summed E-state index contributed by atoms with van der Waals surface area (Å²) in [4.78, 5) is 28.2. The summed E-state index contributed by atoms with van der Waals surface area (Å²) in [6.07, 6.45) is 0. The van der Waals surface area contributed by atoms with E-state index in [1.54, 1.807) is 12.0 Å². The molecular formula is C18H28N4O3. The van der Waals surface area contributed by atoms with Crippen molar-refractivity contribution in [1.29, 1.82) is 0 Å². The van der Waals surface area contributed by atoms with Crippen LogP contribution in [0.1, 0.15) is 17.2 Å². The van der Waals surface area contributed by atoms with Crippen molar-refractivity contribution >= 4 is 11.8 Å². The Kier molecular flexibility index (Phi) is 7.36. The second kappa shape index (κ2) is 9.50. The standard InChI is InChI=1S/C18H28N4O3/c1-14-3-5-15(6-4-14)17(19)18(24)22-10-8-21(9-11-22)13-16(23)20-7-12-25-2/h3-6,17H,7-13,19H2,1-2H3,(H,20,23). The van der Waals surface area contributed by atoms with Crippen LogP contribution in [0.4, 0.5) is 0 Å². The number of amides is 2. The summed E-state index contributed by atoms with van der Waals surface area (Å²) in [6, 6.07) is 7.09. The van der Waals surface area contributed by atoms with E-state index >= 15 is 0 Å². The highest BCUT2D eigenvalue weighted by Gasteiger charge is 2.26. The minimum Gasteiger partial charge on any atom is -0.383 e. The monoisotopic (exact) mass is 348 g/mol. The molecule has 1 heterocycles. The van der Waals surface area contributed by atoms with E-state index in [4.69, 9.17) is 10.5 Å². The summed E-state index contributed by atoms with van der Waals surface area (Å²) >= 11 is 0. The van der Waals surface area contributed by atoms with Crippen LogP contribution < -0.4 is 11.1 Å². The normalized spacial score (nSPS) is 16.5. The van der Waals surface area contributed by atoms with Gasteiger partial charge in [0.15, 0.2) is 0 Å². The van der Waals surface area contributed by atoms with Gasteiger partial charge in [0.25, 0.3) is 0 Å². The number of hydrogen-bond donors (Lipinski definition) is 2. The number of carbonyl (C=O) groups excluding carboxylic acids is 2. The van der Waals surface area contributed by atoms with Gasteiger partial charge < -0.3 is 20.7 Å². The number of ether oxygens (including phenoxy) is 1. The zero-order valence-electron chi connectivity index (χ0n) is 15.0. The third-order valence-electron chi connectivity index (χ3n) is 4.38. The van der Waals surface area contributed by atoms with Crippen LogP contribution in [0.15, 0.2) is 24.3 Å². The van der Waals surface area contributed by atoms with E-state index in [9.17, 15) is 9.59 Å². The first kappa shape index (κ1) is 19.4. The fourth-order valence-electron chi connectivity index (χ4n) is 2.79. The number of rotatable bonds is 7. The second-order valence-electron chi connectivity index (χ2n) is 6.33. The topological polar surface area (TPSA) is 87.9 Å².